The minimum Gasteiger partial charge on any atom is -0.508 e. The summed E-state index contributed by atoms with van der Waals surface area (Å²) in [5.74, 6) is 0.465. The van der Waals surface area contributed by atoms with E-state index in [2.05, 4.69) is 0 Å². The van der Waals surface area contributed by atoms with E-state index in [1.807, 2.05) is 13.8 Å². The minimum atomic E-state index is -0.240. The summed E-state index contributed by atoms with van der Waals surface area (Å²) in [6, 6.07) is 2.92. The van der Waals surface area contributed by atoms with Crippen LogP contribution in [0.5, 0.6) is 5.75 Å². The van der Waals surface area contributed by atoms with Crippen LogP contribution in [0.2, 0.25) is 0 Å². The van der Waals surface area contributed by atoms with E-state index in [0.717, 1.165) is 24.0 Å². The molecule has 1 N–H and O–H groups in total. The van der Waals surface area contributed by atoms with E-state index in [1.54, 1.807) is 6.07 Å². The predicted octanol–water partition coefficient (Wildman–Crippen LogP) is 3.53. The highest BCUT2D eigenvalue weighted by molar-refractivity contribution is 5.41. The molecule has 1 aliphatic rings. The maximum atomic E-state index is 13.6. The summed E-state index contributed by atoms with van der Waals surface area (Å²) in [7, 11) is 0. The SMILES string of the molecule is CC(C)c1cc(O)cc(F)c1C1CC1. The minimum absolute atomic E-state index is 0.0376. The molecule has 1 nitrogen and oxygen atoms in total. The molecule has 1 fully saturated rings. The Morgan fingerprint density at radius 2 is 2.00 bits per heavy atom. The van der Waals surface area contributed by atoms with Gasteiger partial charge in [0, 0.05) is 6.07 Å². The number of benzene rings is 1. The third kappa shape index (κ3) is 1.61. The van der Waals surface area contributed by atoms with E-state index >= 15 is 0 Å². The number of phenolic OH excluding ortho intramolecular Hbond substituents is 1. The lowest BCUT2D eigenvalue weighted by atomic mass is 9.93. The molecular weight excluding hydrogens is 179 g/mol. The van der Waals surface area contributed by atoms with E-state index in [9.17, 15) is 9.50 Å². The molecule has 2 rings (SSSR count). The average Bonchev–Trinajstić information content (AvgIpc) is 2.85. The molecule has 1 aromatic carbocycles. The maximum absolute atomic E-state index is 13.6. The summed E-state index contributed by atoms with van der Waals surface area (Å²) >= 11 is 0. The Morgan fingerprint density at radius 1 is 1.36 bits per heavy atom. The van der Waals surface area contributed by atoms with Gasteiger partial charge >= 0.3 is 0 Å². The summed E-state index contributed by atoms with van der Waals surface area (Å²) in [4.78, 5) is 0. The second-order valence-electron chi connectivity index (χ2n) is 4.36. The van der Waals surface area contributed by atoms with Gasteiger partial charge < -0.3 is 5.11 Å². The Morgan fingerprint density at radius 3 is 2.50 bits per heavy atom. The lowest BCUT2D eigenvalue weighted by molar-refractivity contribution is 0.465. The van der Waals surface area contributed by atoms with Gasteiger partial charge in [0.2, 0.25) is 0 Å². The van der Waals surface area contributed by atoms with Crippen molar-refractivity contribution >= 4 is 0 Å². The van der Waals surface area contributed by atoms with E-state index in [4.69, 9.17) is 0 Å². The zero-order valence-electron chi connectivity index (χ0n) is 8.55. The first-order valence-electron chi connectivity index (χ1n) is 5.12. The maximum Gasteiger partial charge on any atom is 0.130 e. The van der Waals surface area contributed by atoms with Crippen LogP contribution in [-0.2, 0) is 0 Å². The van der Waals surface area contributed by atoms with Crippen molar-refractivity contribution in [2.24, 2.45) is 0 Å². The normalized spacial score (nSPS) is 16.3. The monoisotopic (exact) mass is 194 g/mol. The van der Waals surface area contributed by atoms with Gasteiger partial charge in [0.25, 0.3) is 0 Å². The molecule has 76 valence electrons. The second-order valence-corrected chi connectivity index (χ2v) is 4.36. The van der Waals surface area contributed by atoms with Crippen molar-refractivity contribution in [3.63, 3.8) is 0 Å². The molecule has 0 unspecified atom stereocenters. The van der Waals surface area contributed by atoms with Gasteiger partial charge in [0.05, 0.1) is 0 Å². The van der Waals surface area contributed by atoms with Gasteiger partial charge in [-0.25, -0.2) is 4.39 Å². The molecule has 14 heavy (non-hydrogen) atoms. The molecule has 0 aromatic heterocycles. The fourth-order valence-corrected chi connectivity index (χ4v) is 1.90. The first-order valence-corrected chi connectivity index (χ1v) is 5.12. The summed E-state index contributed by atoms with van der Waals surface area (Å²) in [6.07, 6.45) is 2.17. The van der Waals surface area contributed by atoms with Crippen LogP contribution in [0.15, 0.2) is 12.1 Å². The zero-order chi connectivity index (χ0) is 10.3. The summed E-state index contributed by atoms with van der Waals surface area (Å²) in [5.41, 5.74) is 1.79. The summed E-state index contributed by atoms with van der Waals surface area (Å²) < 4.78 is 13.6. The Balaban J connectivity index is 2.53. The molecule has 1 saturated carbocycles. The topological polar surface area (TPSA) is 20.2 Å². The molecule has 0 radical (unpaired) electrons. The van der Waals surface area contributed by atoms with Gasteiger partial charge in [-0.2, -0.15) is 0 Å². The number of phenols is 1. The van der Waals surface area contributed by atoms with E-state index < -0.39 is 0 Å². The molecule has 0 aliphatic heterocycles. The lowest BCUT2D eigenvalue weighted by Crippen LogP contribution is -1.98. The van der Waals surface area contributed by atoms with Crippen molar-refractivity contribution in [2.45, 2.75) is 38.5 Å². The van der Waals surface area contributed by atoms with Crippen LogP contribution in [0.25, 0.3) is 0 Å². The van der Waals surface area contributed by atoms with Gasteiger partial charge in [0.1, 0.15) is 11.6 Å². The molecule has 0 saturated heterocycles. The van der Waals surface area contributed by atoms with Gasteiger partial charge in [-0.15, -0.1) is 0 Å². The van der Waals surface area contributed by atoms with Crippen molar-refractivity contribution in [2.75, 3.05) is 0 Å². The van der Waals surface area contributed by atoms with Crippen molar-refractivity contribution in [1.29, 1.82) is 0 Å². The first kappa shape index (κ1) is 9.50. The third-order valence-corrected chi connectivity index (χ3v) is 2.75. The standard InChI is InChI=1S/C12H15FO/c1-7(2)10-5-9(14)6-11(13)12(10)8-3-4-8/h5-8,14H,3-4H2,1-2H3. The van der Waals surface area contributed by atoms with Crippen molar-refractivity contribution < 1.29 is 9.50 Å². The summed E-state index contributed by atoms with van der Waals surface area (Å²) in [6.45, 7) is 4.06. The van der Waals surface area contributed by atoms with Crippen LogP contribution in [0, 0.1) is 5.82 Å². The van der Waals surface area contributed by atoms with Crippen LogP contribution in [0.3, 0.4) is 0 Å². The largest absolute Gasteiger partial charge is 0.508 e. The van der Waals surface area contributed by atoms with Crippen LogP contribution in [-0.4, -0.2) is 5.11 Å². The number of halogens is 1. The van der Waals surface area contributed by atoms with Crippen LogP contribution < -0.4 is 0 Å². The third-order valence-electron chi connectivity index (χ3n) is 2.75. The van der Waals surface area contributed by atoms with Crippen LogP contribution in [0.1, 0.15) is 49.7 Å². The number of hydrogen-bond donors (Lipinski definition) is 1. The second kappa shape index (κ2) is 3.26. The molecule has 0 spiro atoms. The molecule has 0 bridgehead atoms. The molecule has 1 aliphatic carbocycles. The Kier molecular flexibility index (Phi) is 2.22. The smallest absolute Gasteiger partial charge is 0.130 e. The van der Waals surface area contributed by atoms with Gasteiger partial charge in [-0.1, -0.05) is 13.8 Å². The van der Waals surface area contributed by atoms with Gasteiger partial charge in [-0.05, 0) is 41.9 Å². The molecule has 2 heteroatoms. The van der Waals surface area contributed by atoms with Crippen molar-refractivity contribution in [1.82, 2.24) is 0 Å². The van der Waals surface area contributed by atoms with E-state index in [0.29, 0.717) is 5.92 Å². The predicted molar refractivity (Wildman–Crippen MR) is 54.1 cm³/mol. The van der Waals surface area contributed by atoms with Crippen molar-refractivity contribution in [3.05, 3.63) is 29.1 Å². The molecule has 0 amide bonds. The number of rotatable bonds is 2. The fourth-order valence-electron chi connectivity index (χ4n) is 1.90. The first-order chi connectivity index (χ1) is 6.59. The van der Waals surface area contributed by atoms with E-state index in [1.165, 1.54) is 6.07 Å². The van der Waals surface area contributed by atoms with Crippen LogP contribution in [0.4, 0.5) is 4.39 Å². The highest BCUT2D eigenvalue weighted by Crippen LogP contribution is 2.45. The molecule has 0 atom stereocenters. The quantitative estimate of drug-likeness (QED) is 0.763. The zero-order valence-corrected chi connectivity index (χ0v) is 8.55. The van der Waals surface area contributed by atoms with Gasteiger partial charge in [-0.3, -0.25) is 0 Å². The molecule has 1 aromatic rings. The van der Waals surface area contributed by atoms with Crippen LogP contribution >= 0.6 is 0 Å². The highest BCUT2D eigenvalue weighted by Gasteiger charge is 2.30. The number of hydrogen-bond acceptors (Lipinski definition) is 1. The molecule has 0 heterocycles. The number of aromatic hydroxyl groups is 1. The van der Waals surface area contributed by atoms with Crippen molar-refractivity contribution in [3.8, 4) is 5.75 Å². The fraction of sp³-hybridized carbons (Fsp3) is 0.500. The Labute approximate surface area is 83.6 Å². The lowest BCUT2D eigenvalue weighted by Gasteiger charge is -2.13. The van der Waals surface area contributed by atoms with Gasteiger partial charge in [0.15, 0.2) is 0 Å². The van der Waals surface area contributed by atoms with E-state index in [-0.39, 0.29) is 17.5 Å². The highest BCUT2D eigenvalue weighted by atomic mass is 19.1. The Bertz CT molecular complexity index is 354. The molecular formula is C12H15FO. The summed E-state index contributed by atoms with van der Waals surface area (Å²) in [5, 5.41) is 9.33. The average molecular weight is 194 g/mol. The Hall–Kier alpha value is -1.05.